The average molecular weight is 230 g/mol. The zero-order chi connectivity index (χ0) is 11.5. The maximum atomic E-state index is 12.3. The first-order valence-corrected chi connectivity index (χ1v) is 6.37. The molecule has 82 valence electrons. The number of rotatable bonds is 2. The van der Waals surface area contributed by atoms with Crippen molar-refractivity contribution in [1.29, 1.82) is 0 Å². The van der Waals surface area contributed by atoms with Crippen LogP contribution in [-0.2, 0) is 10.8 Å². The Morgan fingerprint density at radius 1 is 0.875 bits per heavy atom. The minimum absolute atomic E-state index is 0.861. The van der Waals surface area contributed by atoms with Crippen LogP contribution in [0.15, 0.2) is 58.3 Å². The molecule has 2 aromatic carbocycles. The standard InChI is InChI=1S/C14H14OS/c1-11-7-9-13(10-8-11)16(15)14-6-4-3-5-12(14)2/h3-10H,1-2H3/t16-/m0/s1. The quantitative estimate of drug-likeness (QED) is 0.772. The molecule has 0 aliphatic heterocycles. The summed E-state index contributed by atoms with van der Waals surface area (Å²) in [6.45, 7) is 4.02. The van der Waals surface area contributed by atoms with E-state index >= 15 is 0 Å². The number of aryl methyl sites for hydroxylation is 2. The van der Waals surface area contributed by atoms with Crippen LogP contribution in [0.5, 0.6) is 0 Å². The van der Waals surface area contributed by atoms with Gasteiger partial charge >= 0.3 is 0 Å². The second kappa shape index (κ2) is 4.62. The van der Waals surface area contributed by atoms with Gasteiger partial charge in [0.1, 0.15) is 0 Å². The summed E-state index contributed by atoms with van der Waals surface area (Å²) in [5.74, 6) is 0. The van der Waals surface area contributed by atoms with Crippen LogP contribution in [0, 0.1) is 13.8 Å². The predicted molar refractivity (Wildman–Crippen MR) is 67.0 cm³/mol. The molecule has 0 spiro atoms. The maximum absolute atomic E-state index is 12.3. The van der Waals surface area contributed by atoms with Crippen LogP contribution in [0.4, 0.5) is 0 Å². The summed E-state index contributed by atoms with van der Waals surface area (Å²) in [5, 5.41) is 0. The monoisotopic (exact) mass is 230 g/mol. The van der Waals surface area contributed by atoms with Gasteiger partial charge in [0.05, 0.1) is 10.8 Å². The zero-order valence-corrected chi connectivity index (χ0v) is 10.3. The second-order valence-corrected chi connectivity index (χ2v) is 5.30. The Labute approximate surface area is 98.6 Å². The molecule has 1 atom stereocenters. The van der Waals surface area contributed by atoms with Gasteiger partial charge in [-0.1, -0.05) is 35.9 Å². The van der Waals surface area contributed by atoms with E-state index in [1.54, 1.807) is 0 Å². The van der Waals surface area contributed by atoms with Gasteiger partial charge in [-0.2, -0.15) is 0 Å². The molecule has 2 heteroatoms. The number of hydrogen-bond donors (Lipinski definition) is 0. The molecule has 0 aromatic heterocycles. The summed E-state index contributed by atoms with van der Waals surface area (Å²) in [5.41, 5.74) is 2.26. The molecule has 0 aliphatic rings. The minimum Gasteiger partial charge on any atom is -0.249 e. The Morgan fingerprint density at radius 3 is 2.12 bits per heavy atom. The Bertz CT molecular complexity index is 515. The van der Waals surface area contributed by atoms with Gasteiger partial charge in [0.2, 0.25) is 0 Å². The Kier molecular flexibility index (Phi) is 3.20. The highest BCUT2D eigenvalue weighted by atomic mass is 32.2. The third-order valence-corrected chi connectivity index (χ3v) is 4.09. The van der Waals surface area contributed by atoms with Gasteiger partial charge in [0.15, 0.2) is 0 Å². The number of hydrogen-bond acceptors (Lipinski definition) is 1. The van der Waals surface area contributed by atoms with Crippen molar-refractivity contribution in [2.24, 2.45) is 0 Å². The summed E-state index contributed by atoms with van der Waals surface area (Å²) in [7, 11) is -1.07. The fraction of sp³-hybridized carbons (Fsp3) is 0.143. The van der Waals surface area contributed by atoms with Crippen LogP contribution in [0.2, 0.25) is 0 Å². The summed E-state index contributed by atoms with van der Waals surface area (Å²) in [6.07, 6.45) is 0. The topological polar surface area (TPSA) is 17.1 Å². The van der Waals surface area contributed by atoms with E-state index < -0.39 is 10.8 Å². The van der Waals surface area contributed by atoms with E-state index in [0.717, 1.165) is 15.4 Å². The first kappa shape index (κ1) is 11.1. The molecule has 0 heterocycles. The summed E-state index contributed by atoms with van der Waals surface area (Å²) >= 11 is 0. The SMILES string of the molecule is Cc1ccc([S@](=O)c2ccccc2C)cc1. The summed E-state index contributed by atoms with van der Waals surface area (Å²) in [4.78, 5) is 1.76. The molecule has 0 saturated heterocycles. The lowest BCUT2D eigenvalue weighted by molar-refractivity contribution is 0.682. The summed E-state index contributed by atoms with van der Waals surface area (Å²) in [6, 6.07) is 15.6. The third kappa shape index (κ3) is 2.22. The van der Waals surface area contributed by atoms with Gasteiger partial charge < -0.3 is 0 Å². The van der Waals surface area contributed by atoms with E-state index in [0.29, 0.717) is 0 Å². The van der Waals surface area contributed by atoms with E-state index in [9.17, 15) is 4.21 Å². The lowest BCUT2D eigenvalue weighted by Gasteiger charge is -2.05. The van der Waals surface area contributed by atoms with Crippen molar-refractivity contribution in [1.82, 2.24) is 0 Å². The van der Waals surface area contributed by atoms with Crippen LogP contribution >= 0.6 is 0 Å². The molecular formula is C14H14OS. The van der Waals surface area contributed by atoms with E-state index in [1.807, 2.05) is 62.4 Å². The molecule has 0 radical (unpaired) electrons. The highest BCUT2D eigenvalue weighted by Crippen LogP contribution is 2.19. The molecule has 0 saturated carbocycles. The molecular weight excluding hydrogens is 216 g/mol. The molecule has 2 rings (SSSR count). The van der Waals surface area contributed by atoms with Gasteiger partial charge in [-0.15, -0.1) is 0 Å². The van der Waals surface area contributed by atoms with Crippen LogP contribution in [0.1, 0.15) is 11.1 Å². The van der Waals surface area contributed by atoms with Crippen molar-refractivity contribution >= 4 is 10.8 Å². The molecule has 0 N–H and O–H groups in total. The largest absolute Gasteiger partial charge is 0.249 e. The predicted octanol–water partition coefficient (Wildman–Crippen LogP) is 3.47. The van der Waals surface area contributed by atoms with Crippen molar-refractivity contribution in [3.05, 3.63) is 59.7 Å². The first-order chi connectivity index (χ1) is 7.68. The van der Waals surface area contributed by atoms with Gasteiger partial charge in [0, 0.05) is 9.79 Å². The lowest BCUT2D eigenvalue weighted by Crippen LogP contribution is -1.95. The molecule has 0 aliphatic carbocycles. The van der Waals surface area contributed by atoms with E-state index in [-0.39, 0.29) is 0 Å². The highest BCUT2D eigenvalue weighted by molar-refractivity contribution is 7.85. The van der Waals surface area contributed by atoms with E-state index in [2.05, 4.69) is 0 Å². The van der Waals surface area contributed by atoms with Crippen molar-refractivity contribution in [2.45, 2.75) is 23.6 Å². The van der Waals surface area contributed by atoms with Crippen molar-refractivity contribution < 1.29 is 4.21 Å². The zero-order valence-electron chi connectivity index (χ0n) is 9.44. The average Bonchev–Trinajstić information content (AvgIpc) is 2.30. The number of benzene rings is 2. The molecule has 0 bridgehead atoms. The van der Waals surface area contributed by atoms with Crippen molar-refractivity contribution in [3.8, 4) is 0 Å². The smallest absolute Gasteiger partial charge is 0.0852 e. The van der Waals surface area contributed by atoms with Crippen LogP contribution in [0.25, 0.3) is 0 Å². The van der Waals surface area contributed by atoms with Gasteiger partial charge in [0.25, 0.3) is 0 Å². The Balaban J connectivity index is 2.40. The van der Waals surface area contributed by atoms with Gasteiger partial charge in [-0.25, -0.2) is 4.21 Å². The van der Waals surface area contributed by atoms with Crippen LogP contribution < -0.4 is 0 Å². The molecule has 2 aromatic rings. The maximum Gasteiger partial charge on any atom is 0.0852 e. The second-order valence-electron chi connectivity index (χ2n) is 3.85. The fourth-order valence-electron chi connectivity index (χ4n) is 1.55. The third-order valence-electron chi connectivity index (χ3n) is 2.53. The van der Waals surface area contributed by atoms with Crippen molar-refractivity contribution in [2.75, 3.05) is 0 Å². The Morgan fingerprint density at radius 2 is 1.50 bits per heavy atom. The van der Waals surface area contributed by atoms with E-state index in [1.165, 1.54) is 5.56 Å². The highest BCUT2D eigenvalue weighted by Gasteiger charge is 2.08. The molecule has 1 nitrogen and oxygen atoms in total. The van der Waals surface area contributed by atoms with Crippen molar-refractivity contribution in [3.63, 3.8) is 0 Å². The van der Waals surface area contributed by atoms with Crippen LogP contribution in [0.3, 0.4) is 0 Å². The normalized spacial score (nSPS) is 12.4. The molecule has 16 heavy (non-hydrogen) atoms. The van der Waals surface area contributed by atoms with Gasteiger partial charge in [-0.05, 0) is 37.6 Å². The van der Waals surface area contributed by atoms with Gasteiger partial charge in [-0.3, -0.25) is 0 Å². The minimum atomic E-state index is -1.07. The molecule has 0 amide bonds. The lowest BCUT2D eigenvalue weighted by atomic mass is 10.2. The molecule has 0 unspecified atom stereocenters. The Hall–Kier alpha value is -1.41. The fourth-order valence-corrected chi connectivity index (χ4v) is 2.75. The van der Waals surface area contributed by atoms with E-state index in [4.69, 9.17) is 0 Å². The molecule has 0 fully saturated rings. The van der Waals surface area contributed by atoms with Crippen LogP contribution in [-0.4, -0.2) is 4.21 Å². The first-order valence-electron chi connectivity index (χ1n) is 5.22. The summed E-state index contributed by atoms with van der Waals surface area (Å²) < 4.78 is 12.3.